The molecule has 3 aromatic rings. The SMILES string of the molecule is O=C(CCC(=O)c1cccs1)OC(C(=O)Nc1cc(Cl)cc(Cl)c1)c1ccccc1. The van der Waals surface area contributed by atoms with Crippen LogP contribution in [0.25, 0.3) is 0 Å². The van der Waals surface area contributed by atoms with Crippen molar-refractivity contribution in [1.82, 2.24) is 0 Å². The van der Waals surface area contributed by atoms with Crippen LogP contribution in [-0.2, 0) is 14.3 Å². The van der Waals surface area contributed by atoms with Gasteiger partial charge in [0.1, 0.15) is 0 Å². The summed E-state index contributed by atoms with van der Waals surface area (Å²) in [6, 6.07) is 16.7. The van der Waals surface area contributed by atoms with Crippen molar-refractivity contribution in [2.45, 2.75) is 18.9 Å². The molecule has 0 bridgehead atoms. The highest BCUT2D eigenvalue weighted by atomic mass is 35.5. The number of amides is 1. The van der Waals surface area contributed by atoms with Crippen LogP contribution in [0.3, 0.4) is 0 Å². The lowest BCUT2D eigenvalue weighted by Gasteiger charge is -2.18. The molecule has 0 radical (unpaired) electrons. The quantitative estimate of drug-likeness (QED) is 0.332. The minimum Gasteiger partial charge on any atom is -0.447 e. The number of carbonyl (C=O) groups is 3. The van der Waals surface area contributed by atoms with Gasteiger partial charge in [0.05, 0.1) is 11.3 Å². The van der Waals surface area contributed by atoms with Crippen LogP contribution < -0.4 is 5.32 Å². The molecule has 0 fully saturated rings. The third-order valence-corrected chi connectivity index (χ3v) is 5.42. The number of hydrogen-bond acceptors (Lipinski definition) is 5. The van der Waals surface area contributed by atoms with Crippen molar-refractivity contribution in [1.29, 1.82) is 0 Å². The number of anilines is 1. The second-order valence-electron chi connectivity index (χ2n) is 6.33. The Morgan fingerprint density at radius 3 is 2.27 bits per heavy atom. The molecule has 1 atom stereocenters. The van der Waals surface area contributed by atoms with E-state index in [1.54, 1.807) is 47.8 Å². The van der Waals surface area contributed by atoms with Gasteiger partial charge in [0.25, 0.3) is 5.91 Å². The zero-order valence-electron chi connectivity index (χ0n) is 15.6. The fraction of sp³-hybridized carbons (Fsp3) is 0.136. The molecule has 0 aliphatic carbocycles. The van der Waals surface area contributed by atoms with Gasteiger partial charge in [-0.2, -0.15) is 0 Å². The minimum atomic E-state index is -1.19. The summed E-state index contributed by atoms with van der Waals surface area (Å²) in [6.45, 7) is 0. The van der Waals surface area contributed by atoms with Crippen molar-refractivity contribution >= 4 is 57.9 Å². The highest BCUT2D eigenvalue weighted by Gasteiger charge is 2.25. The summed E-state index contributed by atoms with van der Waals surface area (Å²) in [5, 5.41) is 5.18. The number of Topliss-reactive ketones (excluding diaryl/α,β-unsaturated/α-hetero) is 1. The van der Waals surface area contributed by atoms with Gasteiger partial charge in [0, 0.05) is 27.7 Å². The van der Waals surface area contributed by atoms with E-state index in [2.05, 4.69) is 5.32 Å². The summed E-state index contributed by atoms with van der Waals surface area (Å²) in [4.78, 5) is 37.9. The van der Waals surface area contributed by atoms with E-state index in [9.17, 15) is 14.4 Å². The van der Waals surface area contributed by atoms with E-state index in [1.165, 1.54) is 29.5 Å². The van der Waals surface area contributed by atoms with E-state index >= 15 is 0 Å². The van der Waals surface area contributed by atoms with Gasteiger partial charge in [0.15, 0.2) is 5.78 Å². The lowest BCUT2D eigenvalue weighted by Crippen LogP contribution is -2.26. The molecule has 0 aliphatic rings. The first-order valence-corrected chi connectivity index (χ1v) is 10.6. The van der Waals surface area contributed by atoms with Crippen molar-refractivity contribution in [2.75, 3.05) is 5.32 Å². The van der Waals surface area contributed by atoms with Gasteiger partial charge >= 0.3 is 5.97 Å². The second kappa shape index (κ2) is 10.4. The van der Waals surface area contributed by atoms with E-state index in [1.807, 2.05) is 0 Å². The Kier molecular flexibility index (Phi) is 7.63. The Hall–Kier alpha value is -2.67. The molecule has 30 heavy (non-hydrogen) atoms. The Labute approximate surface area is 187 Å². The monoisotopic (exact) mass is 461 g/mol. The largest absolute Gasteiger partial charge is 0.447 e. The summed E-state index contributed by atoms with van der Waals surface area (Å²) in [5.74, 6) is -1.35. The number of esters is 1. The molecule has 8 heteroatoms. The number of nitrogens with one attached hydrogen (secondary N) is 1. The van der Waals surface area contributed by atoms with Gasteiger partial charge < -0.3 is 10.1 Å². The summed E-state index contributed by atoms with van der Waals surface area (Å²) in [6.07, 6.45) is -1.31. The smallest absolute Gasteiger partial charge is 0.307 e. The predicted molar refractivity (Wildman–Crippen MR) is 118 cm³/mol. The first kappa shape index (κ1) is 22.0. The molecule has 1 N–H and O–H groups in total. The van der Waals surface area contributed by atoms with Crippen LogP contribution >= 0.6 is 34.5 Å². The van der Waals surface area contributed by atoms with Crippen LogP contribution in [-0.4, -0.2) is 17.7 Å². The highest BCUT2D eigenvalue weighted by Crippen LogP contribution is 2.25. The van der Waals surface area contributed by atoms with Gasteiger partial charge in [-0.05, 0) is 29.6 Å². The Bertz CT molecular complexity index is 1020. The lowest BCUT2D eigenvalue weighted by atomic mass is 10.1. The molecular formula is C22H17Cl2NO4S. The van der Waals surface area contributed by atoms with E-state index in [4.69, 9.17) is 27.9 Å². The average Bonchev–Trinajstić information content (AvgIpc) is 3.25. The number of benzene rings is 2. The predicted octanol–water partition coefficient (Wildman–Crippen LogP) is 5.94. The zero-order valence-corrected chi connectivity index (χ0v) is 18.0. The lowest BCUT2D eigenvalue weighted by molar-refractivity contribution is -0.154. The third-order valence-electron chi connectivity index (χ3n) is 4.07. The number of thiophene rings is 1. The van der Waals surface area contributed by atoms with Gasteiger partial charge in [0.2, 0.25) is 6.10 Å². The van der Waals surface area contributed by atoms with Gasteiger partial charge in [-0.25, -0.2) is 0 Å². The maximum Gasteiger partial charge on any atom is 0.307 e. The zero-order chi connectivity index (χ0) is 21.5. The Balaban J connectivity index is 1.70. The molecule has 3 rings (SSSR count). The molecule has 1 heterocycles. The molecule has 2 aromatic carbocycles. The van der Waals surface area contributed by atoms with Crippen molar-refractivity contribution in [3.8, 4) is 0 Å². The molecule has 154 valence electrons. The van der Waals surface area contributed by atoms with Crippen LogP contribution in [0.4, 0.5) is 5.69 Å². The van der Waals surface area contributed by atoms with E-state index in [0.717, 1.165) is 0 Å². The first-order chi connectivity index (χ1) is 14.4. The van der Waals surface area contributed by atoms with Crippen molar-refractivity contribution in [3.63, 3.8) is 0 Å². The first-order valence-electron chi connectivity index (χ1n) is 9.00. The number of halogens is 2. The summed E-state index contributed by atoms with van der Waals surface area (Å²) >= 11 is 13.3. The standard InChI is InChI=1S/C22H17Cl2NO4S/c23-15-11-16(24)13-17(12-15)25-22(28)21(14-5-2-1-3-6-14)29-20(27)9-8-18(26)19-7-4-10-30-19/h1-7,10-13,21H,8-9H2,(H,25,28). The summed E-state index contributed by atoms with van der Waals surface area (Å²) in [7, 11) is 0. The third kappa shape index (κ3) is 6.16. The van der Waals surface area contributed by atoms with Crippen molar-refractivity contribution in [2.24, 2.45) is 0 Å². The van der Waals surface area contributed by atoms with Crippen LogP contribution in [0.15, 0.2) is 66.0 Å². The molecule has 1 aromatic heterocycles. The van der Waals surface area contributed by atoms with Crippen LogP contribution in [0.1, 0.15) is 34.2 Å². The Morgan fingerprint density at radius 1 is 0.933 bits per heavy atom. The average molecular weight is 462 g/mol. The number of hydrogen-bond donors (Lipinski definition) is 1. The van der Waals surface area contributed by atoms with Crippen LogP contribution in [0.5, 0.6) is 0 Å². The molecule has 5 nitrogen and oxygen atoms in total. The molecule has 0 spiro atoms. The van der Waals surface area contributed by atoms with Crippen molar-refractivity contribution in [3.05, 3.63) is 86.5 Å². The van der Waals surface area contributed by atoms with E-state index < -0.39 is 18.0 Å². The molecular weight excluding hydrogens is 445 g/mol. The molecule has 0 saturated carbocycles. The minimum absolute atomic E-state index is 0.00633. The number of carbonyl (C=O) groups excluding carboxylic acids is 3. The topological polar surface area (TPSA) is 72.5 Å². The van der Waals surface area contributed by atoms with Crippen LogP contribution in [0.2, 0.25) is 10.0 Å². The molecule has 0 aliphatic heterocycles. The fourth-order valence-electron chi connectivity index (χ4n) is 2.70. The van der Waals surface area contributed by atoms with Gasteiger partial charge in [-0.15, -0.1) is 11.3 Å². The second-order valence-corrected chi connectivity index (χ2v) is 8.15. The maximum absolute atomic E-state index is 12.9. The van der Waals surface area contributed by atoms with Crippen molar-refractivity contribution < 1.29 is 19.1 Å². The fourth-order valence-corrected chi connectivity index (χ4v) is 3.92. The van der Waals surface area contributed by atoms with Gasteiger partial charge in [-0.3, -0.25) is 14.4 Å². The summed E-state index contributed by atoms with van der Waals surface area (Å²) < 4.78 is 5.43. The molecule has 1 amide bonds. The highest BCUT2D eigenvalue weighted by molar-refractivity contribution is 7.12. The maximum atomic E-state index is 12.9. The van der Waals surface area contributed by atoms with E-state index in [0.29, 0.717) is 26.2 Å². The van der Waals surface area contributed by atoms with Crippen LogP contribution in [0, 0.1) is 0 Å². The molecule has 0 saturated heterocycles. The summed E-state index contributed by atoms with van der Waals surface area (Å²) in [5.41, 5.74) is 0.878. The van der Waals surface area contributed by atoms with E-state index in [-0.39, 0.29) is 18.6 Å². The number of rotatable bonds is 8. The Morgan fingerprint density at radius 2 is 1.63 bits per heavy atom. The normalized spacial score (nSPS) is 11.5. The molecule has 1 unspecified atom stereocenters. The van der Waals surface area contributed by atoms with Gasteiger partial charge in [-0.1, -0.05) is 59.6 Å². The number of ether oxygens (including phenoxy) is 1. The number of ketones is 1.